The molecule has 2 aromatic rings. The number of nitrogens with one attached hydrogen (secondary N) is 1. The van der Waals surface area contributed by atoms with Crippen LogP contribution in [0.25, 0.3) is 0 Å². The van der Waals surface area contributed by atoms with Gasteiger partial charge in [0.05, 0.1) is 19.8 Å². The fourth-order valence-corrected chi connectivity index (χ4v) is 6.60. The molecule has 2 amide bonds. The zero-order chi connectivity index (χ0) is 30.4. The normalized spacial score (nSPS) is 28.3. The topological polar surface area (TPSA) is 89.9 Å². The molecule has 4 aliphatic rings. The zero-order valence-electron chi connectivity index (χ0n) is 23.2. The molecule has 2 saturated carbocycles. The Balaban J connectivity index is 0.000000596. The van der Waals surface area contributed by atoms with E-state index in [1.54, 1.807) is 4.90 Å². The van der Waals surface area contributed by atoms with E-state index in [1.807, 2.05) is 13.8 Å². The van der Waals surface area contributed by atoms with Crippen molar-refractivity contribution < 1.29 is 41.0 Å². The number of ether oxygens (including phenoxy) is 2. The molecule has 224 valence electrons. The molecule has 0 bridgehead atoms. The van der Waals surface area contributed by atoms with Crippen molar-refractivity contribution in [3.05, 3.63) is 63.1 Å². The minimum atomic E-state index is -3.67. The summed E-state index contributed by atoms with van der Waals surface area (Å²) >= 11 is 0. The van der Waals surface area contributed by atoms with E-state index < -0.39 is 35.9 Å². The molecule has 13 heteroatoms. The molecule has 3 heterocycles. The second-order valence-electron chi connectivity index (χ2n) is 10.5. The van der Waals surface area contributed by atoms with E-state index in [9.17, 15) is 36.3 Å². The first-order valence-electron chi connectivity index (χ1n) is 13.3. The molecule has 1 aromatic carbocycles. The highest BCUT2D eigenvalue weighted by atomic mass is 19.4. The van der Waals surface area contributed by atoms with Gasteiger partial charge in [0, 0.05) is 36.3 Å². The second-order valence-corrected chi connectivity index (χ2v) is 10.5. The smallest absolute Gasteiger partial charge is 0.379 e. The highest BCUT2D eigenvalue weighted by Crippen LogP contribution is 2.73. The third-order valence-electron chi connectivity index (χ3n) is 8.33. The summed E-state index contributed by atoms with van der Waals surface area (Å²) in [7, 11) is 1.28. The van der Waals surface area contributed by atoms with Gasteiger partial charge in [-0.15, -0.1) is 0 Å². The van der Waals surface area contributed by atoms with Crippen molar-refractivity contribution in [1.29, 1.82) is 0 Å². The number of methoxy groups -OCH3 is 1. The molecule has 8 nitrogen and oxygen atoms in total. The van der Waals surface area contributed by atoms with Gasteiger partial charge in [-0.1, -0.05) is 33.8 Å². The van der Waals surface area contributed by atoms with Crippen molar-refractivity contribution in [1.82, 2.24) is 14.8 Å². The molecule has 0 radical (unpaired) electrons. The monoisotopic (exact) mass is 585 g/mol. The average molecular weight is 586 g/mol. The van der Waals surface area contributed by atoms with Crippen LogP contribution in [0.5, 0.6) is 5.75 Å². The molecular formula is C28H32F5N3O5. The first-order chi connectivity index (χ1) is 19.4. The highest BCUT2D eigenvalue weighted by Gasteiger charge is 2.76. The molecule has 2 aliphatic carbocycles. The molecule has 6 atom stereocenters. The third kappa shape index (κ3) is 5.20. The number of halogens is 5. The van der Waals surface area contributed by atoms with E-state index in [4.69, 9.17) is 9.47 Å². The van der Waals surface area contributed by atoms with Crippen LogP contribution in [0.2, 0.25) is 0 Å². The SMILES string of the molecule is CC.COc1c2n(cc(C(=O)NCc3ccc(F)cc3F)c1=O)CC1OC3C4C([C@H]4C)[C@@]3(C)CN1C2=O.FC(F)F. The minimum absolute atomic E-state index is 0.0716. The van der Waals surface area contributed by atoms with Gasteiger partial charge in [-0.25, -0.2) is 8.78 Å². The van der Waals surface area contributed by atoms with Gasteiger partial charge >= 0.3 is 6.68 Å². The van der Waals surface area contributed by atoms with Crippen molar-refractivity contribution in [2.45, 2.75) is 59.8 Å². The molecule has 1 aromatic heterocycles. The van der Waals surface area contributed by atoms with E-state index >= 15 is 0 Å². The van der Waals surface area contributed by atoms with Crippen LogP contribution in [-0.4, -0.2) is 53.9 Å². The Morgan fingerprint density at radius 2 is 1.88 bits per heavy atom. The van der Waals surface area contributed by atoms with Gasteiger partial charge in [-0.3, -0.25) is 14.4 Å². The number of nitrogens with zero attached hydrogens (tertiary/aromatic N) is 2. The molecule has 2 aliphatic heterocycles. The number of rotatable bonds is 4. The van der Waals surface area contributed by atoms with Crippen LogP contribution >= 0.6 is 0 Å². The number of carbonyl (C=O) groups is 2. The molecule has 3 fully saturated rings. The zero-order valence-corrected chi connectivity index (χ0v) is 23.2. The highest BCUT2D eigenvalue weighted by molar-refractivity contribution is 5.99. The van der Waals surface area contributed by atoms with Crippen LogP contribution in [0.1, 0.15) is 54.1 Å². The molecule has 4 unspecified atom stereocenters. The Morgan fingerprint density at radius 3 is 2.49 bits per heavy atom. The van der Waals surface area contributed by atoms with Crippen LogP contribution < -0.4 is 15.5 Å². The van der Waals surface area contributed by atoms with Gasteiger partial charge in [-0.2, -0.15) is 13.2 Å². The largest absolute Gasteiger partial charge is 0.491 e. The Kier molecular flexibility index (Phi) is 8.49. The number of benzene rings is 1. The predicted octanol–water partition coefficient (Wildman–Crippen LogP) is 4.35. The lowest BCUT2D eigenvalue weighted by molar-refractivity contribution is -0.236. The number of carbonyl (C=O) groups excluding carboxylic acids is 2. The van der Waals surface area contributed by atoms with Crippen LogP contribution in [0, 0.1) is 34.8 Å². The quantitative estimate of drug-likeness (QED) is 0.539. The van der Waals surface area contributed by atoms with Crippen molar-refractivity contribution >= 4 is 11.8 Å². The maximum atomic E-state index is 13.9. The van der Waals surface area contributed by atoms with Crippen LogP contribution in [0.3, 0.4) is 0 Å². The van der Waals surface area contributed by atoms with Gasteiger partial charge in [0.1, 0.15) is 17.2 Å². The standard InChI is InChI=1S/C25H25F2N3O5.C2H6.CHF3/c1-11-17-18(11)25(2)10-30-16(35-22(17)25)9-29-8-14(20(31)21(34-3)19(29)24(30)33)23(32)28-7-12-4-5-13(26)6-15(12)27;1-2;2-1(3)4/h4-6,8,11,16-18,22H,7,9-10H2,1-3H3,(H,28,32);1-2H3;1H/t11-,16?,17?,18?,22?,25+;;/m0../s1. The number of alkyl halides is 3. The van der Waals surface area contributed by atoms with E-state index in [0.717, 1.165) is 12.1 Å². The van der Waals surface area contributed by atoms with Gasteiger partial charge in [0.15, 0.2) is 17.7 Å². The maximum absolute atomic E-state index is 13.9. The lowest BCUT2D eigenvalue weighted by atomic mass is 9.66. The Labute approximate surface area is 233 Å². The first-order valence-corrected chi connectivity index (χ1v) is 13.3. The van der Waals surface area contributed by atoms with Gasteiger partial charge in [0.2, 0.25) is 5.43 Å². The Bertz CT molecular complexity index is 1400. The number of amides is 2. The van der Waals surface area contributed by atoms with E-state index in [-0.39, 0.29) is 53.1 Å². The second kappa shape index (κ2) is 11.4. The van der Waals surface area contributed by atoms with E-state index in [2.05, 4.69) is 19.2 Å². The predicted molar refractivity (Wildman–Crippen MR) is 137 cm³/mol. The van der Waals surface area contributed by atoms with Crippen LogP contribution in [0.4, 0.5) is 22.0 Å². The molecule has 1 N–H and O–H groups in total. The fourth-order valence-electron chi connectivity index (χ4n) is 6.60. The molecule has 1 saturated heterocycles. The van der Waals surface area contributed by atoms with Crippen LogP contribution in [-0.2, 0) is 17.8 Å². The summed E-state index contributed by atoms with van der Waals surface area (Å²) in [6.45, 7) is 5.26. The van der Waals surface area contributed by atoms with Crippen LogP contribution in [0.15, 0.2) is 29.2 Å². The summed E-state index contributed by atoms with van der Waals surface area (Å²) in [6.07, 6.45) is 0.915. The van der Waals surface area contributed by atoms with Gasteiger partial charge in [0.25, 0.3) is 11.8 Å². The number of pyridine rings is 1. The summed E-state index contributed by atoms with van der Waals surface area (Å²) < 4.78 is 69.3. The lowest BCUT2D eigenvalue weighted by Crippen LogP contribution is -2.66. The summed E-state index contributed by atoms with van der Waals surface area (Å²) in [5, 5.41) is 2.49. The third-order valence-corrected chi connectivity index (χ3v) is 8.33. The van der Waals surface area contributed by atoms with Crippen molar-refractivity contribution in [3.63, 3.8) is 0 Å². The number of aromatic nitrogens is 1. The van der Waals surface area contributed by atoms with E-state index in [1.165, 1.54) is 23.9 Å². The summed E-state index contributed by atoms with van der Waals surface area (Å²) in [5.74, 6) is -1.24. The summed E-state index contributed by atoms with van der Waals surface area (Å²) in [5.41, 5.74) is -0.914. The van der Waals surface area contributed by atoms with Crippen molar-refractivity contribution in [3.8, 4) is 5.75 Å². The average Bonchev–Trinajstić information content (AvgIpc) is 3.56. The number of hydrogen-bond acceptors (Lipinski definition) is 5. The lowest BCUT2D eigenvalue weighted by Gasteiger charge is -2.57. The first kappa shape index (κ1) is 30.5. The molecular weight excluding hydrogens is 553 g/mol. The van der Waals surface area contributed by atoms with Crippen molar-refractivity contribution in [2.75, 3.05) is 13.7 Å². The number of fused-ring (bicyclic) bond motifs is 6. The Morgan fingerprint density at radius 1 is 1.22 bits per heavy atom. The van der Waals surface area contributed by atoms with E-state index in [0.29, 0.717) is 24.3 Å². The maximum Gasteiger partial charge on any atom is 0.379 e. The number of hydrogen-bond donors (Lipinski definition) is 1. The van der Waals surface area contributed by atoms with Crippen molar-refractivity contribution in [2.24, 2.45) is 23.2 Å². The molecule has 41 heavy (non-hydrogen) atoms. The van der Waals surface area contributed by atoms with Gasteiger partial charge in [-0.05, 0) is 23.8 Å². The fraction of sp³-hybridized carbons (Fsp3) is 0.536. The summed E-state index contributed by atoms with van der Waals surface area (Å²) in [6, 6.07) is 3.02. The van der Waals surface area contributed by atoms with Gasteiger partial charge < -0.3 is 24.3 Å². The molecule has 6 rings (SSSR count). The molecule has 0 spiro atoms. The Hall–Kier alpha value is -3.48. The summed E-state index contributed by atoms with van der Waals surface area (Å²) in [4.78, 5) is 41.1. The minimum Gasteiger partial charge on any atom is -0.491 e.